The van der Waals surface area contributed by atoms with Crippen LogP contribution in [0.5, 0.6) is 0 Å². The normalized spacial score (nSPS) is 14.9. The van der Waals surface area contributed by atoms with Gasteiger partial charge >= 0.3 is 30.5 Å². The number of hydrogen-bond donors (Lipinski definition) is 1. The molecule has 0 aliphatic heterocycles. The van der Waals surface area contributed by atoms with Crippen LogP contribution in [0, 0.1) is 23.3 Å². The van der Waals surface area contributed by atoms with Gasteiger partial charge in [-0.3, -0.25) is 9.59 Å². The van der Waals surface area contributed by atoms with Crippen molar-refractivity contribution < 1.29 is 76.5 Å². The third-order valence-corrected chi connectivity index (χ3v) is 3.52. The number of esters is 1. The molecule has 4 nitrogen and oxygen atoms in total. The summed E-state index contributed by atoms with van der Waals surface area (Å²) in [6, 6.07) is 0. The molecule has 1 N–H and O–H groups in total. The molecule has 1 unspecified atom stereocenters. The monoisotopic (exact) mass is 484 g/mol. The molecule has 1 rings (SSSR count). The van der Waals surface area contributed by atoms with Gasteiger partial charge in [0.15, 0.2) is 29.9 Å². The molecule has 0 saturated heterocycles. The van der Waals surface area contributed by atoms with Crippen LogP contribution in [-0.4, -0.2) is 36.0 Å². The van der Waals surface area contributed by atoms with Crippen molar-refractivity contribution in [3.05, 3.63) is 34.4 Å². The van der Waals surface area contributed by atoms with Gasteiger partial charge in [-0.2, -0.15) is 39.5 Å². The van der Waals surface area contributed by atoms with E-state index in [-0.39, 0.29) is 0 Å². The molecule has 1 atom stereocenters. The van der Waals surface area contributed by atoms with Gasteiger partial charge in [-0.1, -0.05) is 0 Å². The third kappa shape index (κ3) is 5.30. The second-order valence-corrected chi connectivity index (χ2v) is 5.70. The number of ether oxygens (including phenoxy) is 1. The lowest BCUT2D eigenvalue weighted by atomic mass is 9.76. The first-order valence-corrected chi connectivity index (χ1v) is 7.14. The van der Waals surface area contributed by atoms with Crippen LogP contribution in [0.3, 0.4) is 0 Å². The van der Waals surface area contributed by atoms with E-state index < -0.39 is 83.3 Å². The zero-order chi connectivity index (χ0) is 24.7. The van der Waals surface area contributed by atoms with Crippen molar-refractivity contribution in [2.75, 3.05) is 6.61 Å². The van der Waals surface area contributed by atoms with Crippen molar-refractivity contribution in [2.24, 2.45) is 0 Å². The van der Waals surface area contributed by atoms with E-state index >= 15 is 0 Å². The SMILES string of the molecule is O=C(O)C(CC(F)(F)F)(C(=O)OCC(F)(F)F)c1c(F)c(F)c(C(F)(F)F)c(F)c1F. The second kappa shape index (κ2) is 8.07. The highest BCUT2D eigenvalue weighted by atomic mass is 19.4. The van der Waals surface area contributed by atoms with Crippen LogP contribution in [0.25, 0.3) is 0 Å². The van der Waals surface area contributed by atoms with Crippen LogP contribution < -0.4 is 0 Å². The average Bonchev–Trinajstić information content (AvgIpc) is 2.53. The average molecular weight is 484 g/mol. The Morgan fingerprint density at radius 2 is 1.10 bits per heavy atom. The molecule has 0 saturated carbocycles. The molecule has 176 valence electrons. The van der Waals surface area contributed by atoms with Gasteiger partial charge < -0.3 is 9.84 Å². The van der Waals surface area contributed by atoms with Crippen LogP contribution in [0.4, 0.5) is 57.1 Å². The van der Waals surface area contributed by atoms with E-state index in [1.807, 2.05) is 0 Å². The summed E-state index contributed by atoms with van der Waals surface area (Å²) in [5.74, 6) is -20.3. The standard InChI is InChI=1S/C14H5F13O4/c15-5-3(6(16)8(18)4(7(5)17)14(25,26)27)11(9(28)29,1-12(19,20)21)10(30)31-2-13(22,23)24/h1-2H2,(H,28,29). The van der Waals surface area contributed by atoms with E-state index in [1.54, 1.807) is 0 Å². The Morgan fingerprint density at radius 3 is 1.39 bits per heavy atom. The number of carbonyl (C=O) groups is 2. The Balaban J connectivity index is 4.02. The van der Waals surface area contributed by atoms with Gasteiger partial charge in [0.1, 0.15) is 5.56 Å². The summed E-state index contributed by atoms with van der Waals surface area (Å²) in [7, 11) is 0. The molecule has 0 aromatic heterocycles. The number of halogens is 13. The zero-order valence-corrected chi connectivity index (χ0v) is 14.0. The number of hydrogen-bond acceptors (Lipinski definition) is 3. The minimum atomic E-state index is -6.19. The highest BCUT2D eigenvalue weighted by Crippen LogP contribution is 2.45. The number of aliphatic carboxylic acids is 1. The highest BCUT2D eigenvalue weighted by molar-refractivity contribution is 6.05. The molecule has 0 heterocycles. The van der Waals surface area contributed by atoms with E-state index in [1.165, 1.54) is 0 Å². The summed E-state index contributed by atoms with van der Waals surface area (Å²) in [4.78, 5) is 23.2. The molecule has 0 fully saturated rings. The third-order valence-electron chi connectivity index (χ3n) is 3.52. The summed E-state index contributed by atoms with van der Waals surface area (Å²) >= 11 is 0. The smallest absolute Gasteiger partial charge is 0.422 e. The number of carbonyl (C=O) groups excluding carboxylic acids is 1. The van der Waals surface area contributed by atoms with Crippen molar-refractivity contribution >= 4 is 11.9 Å². The Bertz CT molecular complexity index is 855. The maximum absolute atomic E-state index is 14.2. The molecular formula is C14H5F13O4. The summed E-state index contributed by atoms with van der Waals surface area (Å²) in [6.07, 6.45) is -21.0. The van der Waals surface area contributed by atoms with Crippen molar-refractivity contribution in [3.63, 3.8) is 0 Å². The Labute approximate surface area is 161 Å². The summed E-state index contributed by atoms with van der Waals surface area (Å²) in [5.41, 5.74) is -11.4. The predicted molar refractivity (Wildman–Crippen MR) is 68.3 cm³/mol. The van der Waals surface area contributed by atoms with Gasteiger partial charge in [-0.05, 0) is 0 Å². The summed E-state index contributed by atoms with van der Waals surface area (Å²) in [5, 5.41) is 9.02. The molecular weight excluding hydrogens is 479 g/mol. The molecule has 1 aromatic rings. The van der Waals surface area contributed by atoms with E-state index in [0.717, 1.165) is 0 Å². The molecule has 0 bridgehead atoms. The predicted octanol–water partition coefficient (Wildman–Crippen LogP) is 4.64. The number of benzene rings is 1. The summed E-state index contributed by atoms with van der Waals surface area (Å²) < 4.78 is 172. The maximum atomic E-state index is 14.2. The Hall–Kier alpha value is -2.75. The number of alkyl halides is 9. The Kier molecular flexibility index (Phi) is 6.84. The van der Waals surface area contributed by atoms with Gasteiger partial charge in [-0.25, -0.2) is 17.6 Å². The number of rotatable bonds is 5. The quantitative estimate of drug-likeness (QED) is 0.287. The lowest BCUT2D eigenvalue weighted by Gasteiger charge is -2.30. The summed E-state index contributed by atoms with van der Waals surface area (Å²) in [6.45, 7) is -2.81. The van der Waals surface area contributed by atoms with Crippen molar-refractivity contribution in [1.29, 1.82) is 0 Å². The van der Waals surface area contributed by atoms with Gasteiger partial charge in [0.25, 0.3) is 0 Å². The highest BCUT2D eigenvalue weighted by Gasteiger charge is 2.61. The lowest BCUT2D eigenvalue weighted by molar-refractivity contribution is -0.201. The molecule has 0 aliphatic carbocycles. The molecule has 0 radical (unpaired) electrons. The minimum absolute atomic E-state index is 2.81. The van der Waals surface area contributed by atoms with Crippen LogP contribution in [-0.2, 0) is 25.9 Å². The molecule has 0 amide bonds. The lowest BCUT2D eigenvalue weighted by Crippen LogP contribution is -2.50. The van der Waals surface area contributed by atoms with Crippen molar-refractivity contribution in [1.82, 2.24) is 0 Å². The van der Waals surface area contributed by atoms with Crippen LogP contribution in [0.2, 0.25) is 0 Å². The first-order chi connectivity index (χ1) is 13.7. The van der Waals surface area contributed by atoms with Crippen molar-refractivity contribution in [2.45, 2.75) is 30.4 Å². The number of carboxylic acid groups (broad SMARTS) is 1. The minimum Gasteiger partial charge on any atom is -0.480 e. The molecule has 0 spiro atoms. The van der Waals surface area contributed by atoms with Crippen molar-refractivity contribution in [3.8, 4) is 0 Å². The molecule has 1 aromatic carbocycles. The first-order valence-electron chi connectivity index (χ1n) is 7.14. The fourth-order valence-corrected chi connectivity index (χ4v) is 2.36. The van der Waals surface area contributed by atoms with Gasteiger partial charge in [0.05, 0.1) is 12.0 Å². The molecule has 0 aliphatic rings. The fourth-order valence-electron chi connectivity index (χ4n) is 2.36. The topological polar surface area (TPSA) is 63.6 Å². The molecule has 17 heteroatoms. The Morgan fingerprint density at radius 1 is 0.710 bits per heavy atom. The molecule has 31 heavy (non-hydrogen) atoms. The zero-order valence-electron chi connectivity index (χ0n) is 14.0. The van der Waals surface area contributed by atoms with Gasteiger partial charge in [0, 0.05) is 0 Å². The van der Waals surface area contributed by atoms with Crippen LogP contribution in [0.15, 0.2) is 0 Å². The maximum Gasteiger partial charge on any atom is 0.422 e. The largest absolute Gasteiger partial charge is 0.480 e. The first kappa shape index (κ1) is 26.3. The second-order valence-electron chi connectivity index (χ2n) is 5.70. The number of carboxylic acids is 1. The fraction of sp³-hybridized carbons (Fsp3) is 0.429. The van der Waals surface area contributed by atoms with E-state index in [4.69, 9.17) is 5.11 Å². The van der Waals surface area contributed by atoms with Gasteiger partial charge in [0.2, 0.25) is 5.41 Å². The van der Waals surface area contributed by atoms with E-state index in [2.05, 4.69) is 4.74 Å². The van der Waals surface area contributed by atoms with Gasteiger partial charge in [-0.15, -0.1) is 0 Å². The van der Waals surface area contributed by atoms with Crippen LogP contribution >= 0.6 is 0 Å². The van der Waals surface area contributed by atoms with Crippen LogP contribution in [0.1, 0.15) is 17.5 Å². The van der Waals surface area contributed by atoms with E-state index in [9.17, 15) is 66.7 Å². The van der Waals surface area contributed by atoms with E-state index in [0.29, 0.717) is 0 Å².